The molecule has 0 aromatic heterocycles. The van der Waals surface area contributed by atoms with Gasteiger partial charge in [0.2, 0.25) is 5.75 Å². The summed E-state index contributed by atoms with van der Waals surface area (Å²) in [6.07, 6.45) is 1.16. The average Bonchev–Trinajstić information content (AvgIpc) is 2.94. The number of carbonyl (C=O) groups excluding carboxylic acids is 1. The topological polar surface area (TPSA) is 75.2 Å². The molecule has 7 heteroatoms. The summed E-state index contributed by atoms with van der Waals surface area (Å²) in [5.41, 5.74) is 5.48. The van der Waals surface area contributed by atoms with Gasteiger partial charge in [-0.25, -0.2) is 0 Å². The van der Waals surface area contributed by atoms with Crippen LogP contribution in [-0.4, -0.2) is 41.3 Å². The second-order valence-electron chi connectivity index (χ2n) is 9.14. The zero-order chi connectivity index (χ0) is 26.1. The van der Waals surface area contributed by atoms with Crippen LogP contribution in [0.3, 0.4) is 0 Å². The molecule has 1 heterocycles. The molecular formula is C30H31NO6. The number of anilines is 1. The molecule has 3 aromatic carbocycles. The van der Waals surface area contributed by atoms with Crippen molar-refractivity contribution < 1.29 is 28.5 Å². The van der Waals surface area contributed by atoms with Gasteiger partial charge in [-0.3, -0.25) is 4.79 Å². The van der Waals surface area contributed by atoms with Gasteiger partial charge in [-0.05, 0) is 47.2 Å². The number of nitrogens with one attached hydrogen (secondary N) is 1. The fraction of sp³-hybridized carbons (Fsp3) is 0.300. The van der Waals surface area contributed by atoms with Crippen LogP contribution in [0.1, 0.15) is 41.4 Å². The molecule has 0 radical (unpaired) electrons. The van der Waals surface area contributed by atoms with Crippen LogP contribution in [0, 0.1) is 0 Å². The van der Waals surface area contributed by atoms with Crippen LogP contribution in [0.2, 0.25) is 0 Å². The van der Waals surface area contributed by atoms with Crippen molar-refractivity contribution >= 4 is 11.5 Å². The standard InChI is InChI=1S/C30H31NO6/c1-33-24-15-20-21(16-25(24)34-2)31-22-11-18(17-9-7-6-8-10-17)12-23(32)29(22)28(20)19-13-26(35-3)30(37-5)27(14-19)36-4/h6-10,13-16,18,28,31H,11-12H2,1-5H3. The normalized spacial score (nSPS) is 18.4. The van der Waals surface area contributed by atoms with Crippen LogP contribution < -0.4 is 29.0 Å². The van der Waals surface area contributed by atoms with E-state index in [1.807, 2.05) is 42.5 Å². The van der Waals surface area contributed by atoms with Gasteiger partial charge in [0.15, 0.2) is 28.8 Å². The van der Waals surface area contributed by atoms with E-state index in [1.54, 1.807) is 35.5 Å². The Balaban J connectivity index is 1.72. The van der Waals surface area contributed by atoms with Crippen LogP contribution in [0.25, 0.3) is 0 Å². The zero-order valence-electron chi connectivity index (χ0n) is 21.7. The summed E-state index contributed by atoms with van der Waals surface area (Å²) in [5.74, 6) is 2.63. The van der Waals surface area contributed by atoms with Crippen molar-refractivity contribution in [1.29, 1.82) is 0 Å². The van der Waals surface area contributed by atoms with Crippen LogP contribution in [0.5, 0.6) is 28.7 Å². The third-order valence-corrected chi connectivity index (χ3v) is 7.24. The fourth-order valence-electron chi connectivity index (χ4n) is 5.52. The largest absolute Gasteiger partial charge is 0.493 e. The first-order chi connectivity index (χ1) is 18.0. The molecule has 1 N–H and O–H groups in total. The molecule has 0 fully saturated rings. The minimum absolute atomic E-state index is 0.0993. The lowest BCUT2D eigenvalue weighted by atomic mass is 9.71. The number of benzene rings is 3. The number of allylic oxidation sites excluding steroid dienone is 2. The maximum atomic E-state index is 13.9. The van der Waals surface area contributed by atoms with Crippen molar-refractivity contribution in [1.82, 2.24) is 0 Å². The van der Waals surface area contributed by atoms with Crippen LogP contribution in [-0.2, 0) is 4.79 Å². The molecule has 7 nitrogen and oxygen atoms in total. The Morgan fingerprint density at radius 1 is 0.703 bits per heavy atom. The van der Waals surface area contributed by atoms with Crippen molar-refractivity contribution in [3.8, 4) is 28.7 Å². The highest BCUT2D eigenvalue weighted by atomic mass is 16.5. The molecule has 0 saturated carbocycles. The monoisotopic (exact) mass is 501 g/mol. The summed E-state index contributed by atoms with van der Waals surface area (Å²) < 4.78 is 28.1. The van der Waals surface area contributed by atoms with Gasteiger partial charge in [0, 0.05) is 35.4 Å². The predicted octanol–water partition coefficient (Wildman–Crippen LogP) is 5.69. The first-order valence-electron chi connectivity index (χ1n) is 12.2. The van der Waals surface area contributed by atoms with Crippen molar-refractivity contribution in [3.05, 3.63) is 82.6 Å². The van der Waals surface area contributed by atoms with E-state index < -0.39 is 0 Å². The predicted molar refractivity (Wildman–Crippen MR) is 142 cm³/mol. The van der Waals surface area contributed by atoms with E-state index in [-0.39, 0.29) is 17.6 Å². The first-order valence-corrected chi connectivity index (χ1v) is 12.2. The molecule has 0 amide bonds. The van der Waals surface area contributed by atoms with Gasteiger partial charge in [0.05, 0.1) is 35.5 Å². The highest BCUT2D eigenvalue weighted by Crippen LogP contribution is 2.52. The Kier molecular flexibility index (Phi) is 6.70. The van der Waals surface area contributed by atoms with E-state index in [2.05, 4.69) is 17.4 Å². The van der Waals surface area contributed by atoms with Gasteiger partial charge in [-0.1, -0.05) is 30.3 Å². The second-order valence-corrected chi connectivity index (χ2v) is 9.14. The fourth-order valence-corrected chi connectivity index (χ4v) is 5.52. The van der Waals surface area contributed by atoms with E-state index in [1.165, 1.54) is 0 Å². The number of rotatable bonds is 7. The summed E-state index contributed by atoms with van der Waals surface area (Å²) in [5, 5.41) is 3.57. The molecule has 2 unspecified atom stereocenters. The van der Waals surface area contributed by atoms with E-state index in [9.17, 15) is 4.79 Å². The van der Waals surface area contributed by atoms with E-state index in [4.69, 9.17) is 23.7 Å². The molecule has 37 heavy (non-hydrogen) atoms. The van der Waals surface area contributed by atoms with Gasteiger partial charge in [-0.2, -0.15) is 0 Å². The third-order valence-electron chi connectivity index (χ3n) is 7.24. The average molecular weight is 502 g/mol. The van der Waals surface area contributed by atoms with E-state index in [0.717, 1.165) is 40.1 Å². The number of fused-ring (bicyclic) bond motifs is 1. The number of ketones is 1. The lowest BCUT2D eigenvalue weighted by molar-refractivity contribution is -0.116. The summed E-state index contributed by atoms with van der Waals surface area (Å²) in [4.78, 5) is 13.9. The van der Waals surface area contributed by atoms with Gasteiger partial charge in [0.1, 0.15) is 0 Å². The molecule has 5 rings (SSSR count). The molecule has 2 aliphatic rings. The maximum absolute atomic E-state index is 13.9. The molecular weight excluding hydrogens is 470 g/mol. The lowest BCUT2D eigenvalue weighted by Crippen LogP contribution is -2.30. The number of methoxy groups -OCH3 is 5. The number of Topliss-reactive ketones (excluding diaryl/α,β-unsaturated/α-hetero) is 1. The minimum atomic E-state index is -0.357. The Morgan fingerprint density at radius 2 is 1.32 bits per heavy atom. The Bertz CT molecular complexity index is 1340. The second kappa shape index (κ2) is 10.1. The molecule has 0 saturated heterocycles. The zero-order valence-corrected chi connectivity index (χ0v) is 21.7. The van der Waals surface area contributed by atoms with Crippen molar-refractivity contribution in [3.63, 3.8) is 0 Å². The van der Waals surface area contributed by atoms with E-state index >= 15 is 0 Å². The van der Waals surface area contributed by atoms with Gasteiger partial charge in [-0.15, -0.1) is 0 Å². The molecule has 3 aromatic rings. The van der Waals surface area contributed by atoms with Crippen molar-refractivity contribution in [2.24, 2.45) is 0 Å². The van der Waals surface area contributed by atoms with Crippen molar-refractivity contribution in [2.75, 3.05) is 40.9 Å². The number of hydrogen-bond acceptors (Lipinski definition) is 7. The molecule has 192 valence electrons. The van der Waals surface area contributed by atoms with Crippen LogP contribution in [0.15, 0.2) is 65.9 Å². The minimum Gasteiger partial charge on any atom is -0.493 e. The SMILES string of the molecule is COc1cc2c(cc1OC)C(c1cc(OC)c(OC)c(OC)c1)C1=C(CC(c3ccccc3)CC1=O)N2. The van der Waals surface area contributed by atoms with Crippen molar-refractivity contribution in [2.45, 2.75) is 24.7 Å². The van der Waals surface area contributed by atoms with Crippen LogP contribution >= 0.6 is 0 Å². The highest BCUT2D eigenvalue weighted by Gasteiger charge is 2.39. The lowest BCUT2D eigenvalue weighted by Gasteiger charge is -2.37. The summed E-state index contributed by atoms with van der Waals surface area (Å²) in [6, 6.07) is 17.9. The molecule has 0 spiro atoms. The Hall–Kier alpha value is -4.13. The van der Waals surface area contributed by atoms with Gasteiger partial charge < -0.3 is 29.0 Å². The Morgan fingerprint density at radius 3 is 1.92 bits per heavy atom. The molecule has 1 aliphatic carbocycles. The molecule has 1 aliphatic heterocycles. The smallest absolute Gasteiger partial charge is 0.203 e. The number of ether oxygens (including phenoxy) is 5. The summed E-state index contributed by atoms with van der Waals surface area (Å²) >= 11 is 0. The number of hydrogen-bond donors (Lipinski definition) is 1. The quantitative estimate of drug-likeness (QED) is 0.446. The van der Waals surface area contributed by atoms with Crippen LogP contribution in [0.4, 0.5) is 5.69 Å². The Labute approximate surface area is 217 Å². The first kappa shape index (κ1) is 24.6. The van der Waals surface area contributed by atoms with Gasteiger partial charge >= 0.3 is 0 Å². The maximum Gasteiger partial charge on any atom is 0.203 e. The van der Waals surface area contributed by atoms with Gasteiger partial charge in [0.25, 0.3) is 0 Å². The third kappa shape index (κ3) is 4.24. The molecule has 0 bridgehead atoms. The highest BCUT2D eigenvalue weighted by molar-refractivity contribution is 6.02. The summed E-state index contributed by atoms with van der Waals surface area (Å²) in [7, 11) is 7.98. The molecule has 2 atom stereocenters. The number of carbonyl (C=O) groups is 1. The van der Waals surface area contributed by atoms with E-state index in [0.29, 0.717) is 35.2 Å². The summed E-state index contributed by atoms with van der Waals surface area (Å²) in [6.45, 7) is 0.